The number of rotatable bonds is 4. The largest absolute Gasteiger partial charge is 0.341 e. The molecular weight excluding hydrogens is 284 g/mol. The van der Waals surface area contributed by atoms with E-state index in [0.717, 1.165) is 31.3 Å². The normalized spacial score (nSPS) is 18.0. The second-order valence-electron chi connectivity index (χ2n) is 6.52. The molecule has 1 fully saturated rings. The molecule has 1 aliphatic heterocycles. The molecule has 2 aromatic rings. The van der Waals surface area contributed by atoms with Crippen molar-refractivity contribution in [3.63, 3.8) is 0 Å². The van der Waals surface area contributed by atoms with Crippen molar-refractivity contribution in [3.05, 3.63) is 41.6 Å². The third-order valence-corrected chi connectivity index (χ3v) is 4.58. The second kappa shape index (κ2) is 6.99. The molecule has 0 spiro atoms. The van der Waals surface area contributed by atoms with Gasteiger partial charge in [0.2, 0.25) is 5.95 Å². The summed E-state index contributed by atoms with van der Waals surface area (Å²) in [5.41, 5.74) is 3.74. The summed E-state index contributed by atoms with van der Waals surface area (Å²) >= 11 is 0. The number of hydrogen-bond donors (Lipinski definition) is 1. The minimum atomic E-state index is 0.715. The Morgan fingerprint density at radius 1 is 1.30 bits per heavy atom. The third-order valence-electron chi connectivity index (χ3n) is 4.58. The maximum Gasteiger partial charge on any atom is 0.227 e. The molecular formula is C19H26N4. The van der Waals surface area contributed by atoms with E-state index in [1.807, 2.05) is 12.3 Å². The minimum Gasteiger partial charge on any atom is -0.341 e. The molecule has 1 unspecified atom stereocenters. The molecule has 0 saturated carbocycles. The van der Waals surface area contributed by atoms with Crippen LogP contribution in [0, 0.1) is 12.8 Å². The SMILES string of the molecule is CCc1cccc(C)c1Nc1ccnc(N2CCCC(C)C2)n1. The number of aromatic nitrogens is 2. The van der Waals surface area contributed by atoms with Crippen LogP contribution in [-0.2, 0) is 6.42 Å². The Morgan fingerprint density at radius 3 is 2.96 bits per heavy atom. The molecule has 0 radical (unpaired) electrons. The van der Waals surface area contributed by atoms with Gasteiger partial charge >= 0.3 is 0 Å². The molecule has 4 nitrogen and oxygen atoms in total. The molecule has 3 rings (SSSR count). The van der Waals surface area contributed by atoms with Crippen molar-refractivity contribution in [1.82, 2.24) is 9.97 Å². The molecule has 0 amide bonds. The van der Waals surface area contributed by atoms with Crippen LogP contribution in [0.5, 0.6) is 0 Å². The maximum absolute atomic E-state index is 4.75. The zero-order valence-electron chi connectivity index (χ0n) is 14.3. The first kappa shape index (κ1) is 15.8. The van der Waals surface area contributed by atoms with Gasteiger partial charge < -0.3 is 10.2 Å². The van der Waals surface area contributed by atoms with Gasteiger partial charge in [-0.05, 0) is 49.3 Å². The van der Waals surface area contributed by atoms with Crippen molar-refractivity contribution < 1.29 is 0 Å². The van der Waals surface area contributed by atoms with Gasteiger partial charge in [-0.25, -0.2) is 4.98 Å². The summed E-state index contributed by atoms with van der Waals surface area (Å²) in [7, 11) is 0. The first-order chi connectivity index (χ1) is 11.2. The topological polar surface area (TPSA) is 41.1 Å². The van der Waals surface area contributed by atoms with Crippen molar-refractivity contribution >= 4 is 17.5 Å². The smallest absolute Gasteiger partial charge is 0.227 e. The Kier molecular flexibility index (Phi) is 4.79. The van der Waals surface area contributed by atoms with E-state index in [0.29, 0.717) is 5.92 Å². The lowest BCUT2D eigenvalue weighted by Crippen LogP contribution is -2.35. The zero-order valence-corrected chi connectivity index (χ0v) is 14.3. The average molecular weight is 310 g/mol. The molecule has 0 bridgehead atoms. The maximum atomic E-state index is 4.75. The predicted molar refractivity (Wildman–Crippen MR) is 96.5 cm³/mol. The Hall–Kier alpha value is -2.10. The second-order valence-corrected chi connectivity index (χ2v) is 6.52. The van der Waals surface area contributed by atoms with Crippen molar-refractivity contribution in [2.75, 3.05) is 23.3 Å². The van der Waals surface area contributed by atoms with E-state index >= 15 is 0 Å². The van der Waals surface area contributed by atoms with E-state index in [1.165, 1.54) is 29.7 Å². The molecule has 1 aromatic heterocycles. The fourth-order valence-electron chi connectivity index (χ4n) is 3.27. The van der Waals surface area contributed by atoms with Gasteiger partial charge in [-0.15, -0.1) is 0 Å². The molecule has 122 valence electrons. The molecule has 2 heterocycles. The van der Waals surface area contributed by atoms with E-state index in [4.69, 9.17) is 4.98 Å². The fourth-order valence-corrected chi connectivity index (χ4v) is 3.27. The fraction of sp³-hybridized carbons (Fsp3) is 0.474. The molecule has 23 heavy (non-hydrogen) atoms. The van der Waals surface area contributed by atoms with Gasteiger partial charge in [0, 0.05) is 25.0 Å². The number of nitrogens with one attached hydrogen (secondary N) is 1. The highest BCUT2D eigenvalue weighted by atomic mass is 15.3. The molecule has 1 atom stereocenters. The summed E-state index contributed by atoms with van der Waals surface area (Å²) in [6, 6.07) is 8.36. The number of para-hydroxylation sites is 1. The molecule has 4 heteroatoms. The monoisotopic (exact) mass is 310 g/mol. The zero-order chi connectivity index (χ0) is 16.2. The van der Waals surface area contributed by atoms with Crippen molar-refractivity contribution in [3.8, 4) is 0 Å². The van der Waals surface area contributed by atoms with E-state index in [1.54, 1.807) is 0 Å². The van der Waals surface area contributed by atoms with Gasteiger partial charge in [0.15, 0.2) is 0 Å². The van der Waals surface area contributed by atoms with Crippen LogP contribution in [0.4, 0.5) is 17.5 Å². The van der Waals surface area contributed by atoms with Gasteiger partial charge in [-0.3, -0.25) is 0 Å². The van der Waals surface area contributed by atoms with E-state index in [-0.39, 0.29) is 0 Å². The van der Waals surface area contributed by atoms with Gasteiger partial charge in [0.25, 0.3) is 0 Å². The highest BCUT2D eigenvalue weighted by Gasteiger charge is 2.18. The summed E-state index contributed by atoms with van der Waals surface area (Å²) in [5.74, 6) is 2.43. The summed E-state index contributed by atoms with van der Waals surface area (Å²) < 4.78 is 0. The summed E-state index contributed by atoms with van der Waals surface area (Å²) in [5, 5.41) is 3.50. The number of benzene rings is 1. The molecule has 1 N–H and O–H groups in total. The predicted octanol–water partition coefficient (Wildman–Crippen LogP) is 4.33. The molecule has 1 aromatic carbocycles. The number of anilines is 3. The number of piperidine rings is 1. The average Bonchev–Trinajstić information content (AvgIpc) is 2.57. The Morgan fingerprint density at radius 2 is 2.17 bits per heavy atom. The van der Waals surface area contributed by atoms with Crippen LogP contribution >= 0.6 is 0 Å². The molecule has 1 saturated heterocycles. The summed E-state index contributed by atoms with van der Waals surface area (Å²) in [4.78, 5) is 11.5. The van der Waals surface area contributed by atoms with Gasteiger partial charge in [0.1, 0.15) is 5.82 Å². The number of nitrogens with zero attached hydrogens (tertiary/aromatic N) is 3. The van der Waals surface area contributed by atoms with Crippen LogP contribution < -0.4 is 10.2 Å². The van der Waals surface area contributed by atoms with E-state index in [9.17, 15) is 0 Å². The first-order valence-electron chi connectivity index (χ1n) is 8.61. The first-order valence-corrected chi connectivity index (χ1v) is 8.61. The van der Waals surface area contributed by atoms with Crippen LogP contribution in [-0.4, -0.2) is 23.1 Å². The van der Waals surface area contributed by atoms with Crippen LogP contribution in [0.3, 0.4) is 0 Å². The van der Waals surface area contributed by atoms with Gasteiger partial charge in [-0.2, -0.15) is 4.98 Å². The Bertz CT molecular complexity index is 668. The summed E-state index contributed by atoms with van der Waals surface area (Å²) in [6.07, 6.45) is 5.39. The lowest BCUT2D eigenvalue weighted by atomic mass is 10.0. The van der Waals surface area contributed by atoms with Crippen molar-refractivity contribution in [2.45, 2.75) is 40.0 Å². The van der Waals surface area contributed by atoms with Crippen LogP contribution in [0.1, 0.15) is 37.8 Å². The lowest BCUT2D eigenvalue weighted by Gasteiger charge is -2.31. The highest BCUT2D eigenvalue weighted by molar-refractivity contribution is 5.65. The standard InChI is InChI=1S/C19H26N4/c1-4-16-9-5-8-15(3)18(16)21-17-10-11-20-19(22-17)23-12-6-7-14(2)13-23/h5,8-11,14H,4,6-7,12-13H2,1-3H3,(H,20,21,22). The quantitative estimate of drug-likeness (QED) is 0.912. The minimum absolute atomic E-state index is 0.715. The Labute approximate surface area is 139 Å². The van der Waals surface area contributed by atoms with Gasteiger partial charge in [0.05, 0.1) is 0 Å². The van der Waals surface area contributed by atoms with Crippen LogP contribution in [0.2, 0.25) is 0 Å². The molecule has 1 aliphatic rings. The molecule has 0 aliphatic carbocycles. The number of aryl methyl sites for hydroxylation is 2. The van der Waals surface area contributed by atoms with Crippen molar-refractivity contribution in [1.29, 1.82) is 0 Å². The highest BCUT2D eigenvalue weighted by Crippen LogP contribution is 2.26. The van der Waals surface area contributed by atoms with Crippen LogP contribution in [0.15, 0.2) is 30.5 Å². The van der Waals surface area contributed by atoms with Crippen LogP contribution in [0.25, 0.3) is 0 Å². The van der Waals surface area contributed by atoms with Gasteiger partial charge in [-0.1, -0.05) is 32.0 Å². The lowest BCUT2D eigenvalue weighted by molar-refractivity contribution is 0.442. The number of hydrogen-bond acceptors (Lipinski definition) is 4. The third kappa shape index (κ3) is 3.63. The Balaban J connectivity index is 1.83. The summed E-state index contributed by atoms with van der Waals surface area (Å²) in [6.45, 7) is 8.72. The van der Waals surface area contributed by atoms with E-state index in [2.05, 4.69) is 54.2 Å². The van der Waals surface area contributed by atoms with Crippen molar-refractivity contribution in [2.24, 2.45) is 5.92 Å². The van der Waals surface area contributed by atoms with E-state index < -0.39 is 0 Å².